The Bertz CT molecular complexity index is 331. The minimum atomic E-state index is 0.223. The van der Waals surface area contributed by atoms with Crippen molar-refractivity contribution in [2.24, 2.45) is 11.7 Å². The average molecular weight is 223 g/mol. The Morgan fingerprint density at radius 1 is 1.44 bits per heavy atom. The van der Waals surface area contributed by atoms with E-state index in [-0.39, 0.29) is 5.92 Å². The van der Waals surface area contributed by atoms with Crippen LogP contribution in [0, 0.1) is 5.92 Å². The molecule has 2 rings (SSSR count). The maximum Gasteiger partial charge on any atom is 0.231 e. The van der Waals surface area contributed by atoms with E-state index in [1.807, 2.05) is 0 Å². The lowest BCUT2D eigenvalue weighted by Crippen LogP contribution is -2.15. The molecule has 4 nitrogen and oxygen atoms in total. The molecule has 1 aromatic heterocycles. The molecular weight excluding hydrogens is 202 g/mol. The summed E-state index contributed by atoms with van der Waals surface area (Å²) in [6.45, 7) is 4.96. The quantitative estimate of drug-likeness (QED) is 0.832. The Morgan fingerprint density at radius 2 is 2.19 bits per heavy atom. The van der Waals surface area contributed by atoms with Crippen molar-refractivity contribution < 1.29 is 4.52 Å². The Hall–Kier alpha value is -0.900. The molecule has 1 aliphatic rings. The van der Waals surface area contributed by atoms with Crippen LogP contribution >= 0.6 is 0 Å². The molecule has 1 atom stereocenters. The van der Waals surface area contributed by atoms with E-state index < -0.39 is 0 Å². The van der Waals surface area contributed by atoms with Crippen molar-refractivity contribution in [2.75, 3.05) is 6.54 Å². The van der Waals surface area contributed by atoms with E-state index in [1.165, 1.54) is 19.3 Å². The largest absolute Gasteiger partial charge is 0.339 e. The Morgan fingerprint density at radius 3 is 2.69 bits per heavy atom. The van der Waals surface area contributed by atoms with Gasteiger partial charge in [0.25, 0.3) is 0 Å². The second-order valence-corrected chi connectivity index (χ2v) is 5.18. The average Bonchev–Trinajstić information content (AvgIpc) is 2.60. The molecule has 0 saturated heterocycles. The van der Waals surface area contributed by atoms with Crippen molar-refractivity contribution in [1.29, 1.82) is 0 Å². The van der Waals surface area contributed by atoms with Gasteiger partial charge < -0.3 is 10.3 Å². The molecule has 16 heavy (non-hydrogen) atoms. The van der Waals surface area contributed by atoms with Crippen LogP contribution in [0.2, 0.25) is 0 Å². The van der Waals surface area contributed by atoms with Crippen LogP contribution in [-0.2, 0) is 0 Å². The third-order valence-corrected chi connectivity index (χ3v) is 3.32. The van der Waals surface area contributed by atoms with E-state index in [0.717, 1.165) is 18.1 Å². The van der Waals surface area contributed by atoms with Gasteiger partial charge in [0, 0.05) is 12.5 Å². The molecule has 2 N–H and O–H groups in total. The third-order valence-electron chi connectivity index (χ3n) is 3.32. The number of hydrogen-bond donors (Lipinski definition) is 1. The van der Waals surface area contributed by atoms with Gasteiger partial charge in [0.2, 0.25) is 5.89 Å². The van der Waals surface area contributed by atoms with Crippen LogP contribution in [0.4, 0.5) is 0 Å². The van der Waals surface area contributed by atoms with E-state index in [2.05, 4.69) is 24.0 Å². The van der Waals surface area contributed by atoms with Crippen molar-refractivity contribution in [3.05, 3.63) is 11.7 Å². The Balaban J connectivity index is 2.03. The molecule has 1 fully saturated rings. The van der Waals surface area contributed by atoms with Crippen molar-refractivity contribution in [3.8, 4) is 0 Å². The monoisotopic (exact) mass is 223 g/mol. The van der Waals surface area contributed by atoms with Crippen molar-refractivity contribution in [1.82, 2.24) is 10.1 Å². The SMILES string of the molecule is CC(C)CC(CN)c1nc(C2CCC2)no1. The van der Waals surface area contributed by atoms with Crippen LogP contribution in [0.1, 0.15) is 63.1 Å². The first kappa shape index (κ1) is 11.6. The van der Waals surface area contributed by atoms with Crippen molar-refractivity contribution >= 4 is 0 Å². The van der Waals surface area contributed by atoms with Gasteiger partial charge in [-0.2, -0.15) is 4.98 Å². The van der Waals surface area contributed by atoms with Gasteiger partial charge in [0.15, 0.2) is 5.82 Å². The third kappa shape index (κ3) is 2.43. The minimum Gasteiger partial charge on any atom is -0.339 e. The van der Waals surface area contributed by atoms with Gasteiger partial charge in [-0.3, -0.25) is 0 Å². The van der Waals surface area contributed by atoms with Gasteiger partial charge >= 0.3 is 0 Å². The van der Waals surface area contributed by atoms with Gasteiger partial charge in [0.05, 0.1) is 5.92 Å². The summed E-state index contributed by atoms with van der Waals surface area (Å²) in [5.74, 6) is 2.99. The second-order valence-electron chi connectivity index (χ2n) is 5.18. The second kappa shape index (κ2) is 4.95. The maximum absolute atomic E-state index is 5.76. The lowest BCUT2D eigenvalue weighted by Gasteiger charge is -2.21. The Labute approximate surface area is 96.6 Å². The van der Waals surface area contributed by atoms with Crippen molar-refractivity contribution in [3.63, 3.8) is 0 Å². The van der Waals surface area contributed by atoms with E-state index in [9.17, 15) is 0 Å². The zero-order valence-electron chi connectivity index (χ0n) is 10.1. The fraction of sp³-hybridized carbons (Fsp3) is 0.833. The summed E-state index contributed by atoms with van der Waals surface area (Å²) in [6, 6.07) is 0. The smallest absolute Gasteiger partial charge is 0.231 e. The Kier molecular flexibility index (Phi) is 3.59. The van der Waals surface area contributed by atoms with Gasteiger partial charge in [0.1, 0.15) is 0 Å². The van der Waals surface area contributed by atoms with E-state index in [1.54, 1.807) is 0 Å². The summed E-state index contributed by atoms with van der Waals surface area (Å²) in [5, 5.41) is 4.07. The zero-order chi connectivity index (χ0) is 11.5. The number of hydrogen-bond acceptors (Lipinski definition) is 4. The first-order valence-electron chi connectivity index (χ1n) is 6.24. The summed E-state index contributed by atoms with van der Waals surface area (Å²) in [6.07, 6.45) is 4.72. The molecule has 0 bridgehead atoms. The molecule has 0 spiro atoms. The highest BCUT2D eigenvalue weighted by Gasteiger charge is 2.26. The molecule has 4 heteroatoms. The van der Waals surface area contributed by atoms with Gasteiger partial charge in [-0.05, 0) is 25.2 Å². The van der Waals surface area contributed by atoms with Gasteiger partial charge in [-0.1, -0.05) is 25.4 Å². The molecule has 1 aliphatic carbocycles. The lowest BCUT2D eigenvalue weighted by atomic mass is 9.85. The normalized spacial score (nSPS) is 18.8. The van der Waals surface area contributed by atoms with E-state index in [4.69, 9.17) is 10.3 Å². The lowest BCUT2D eigenvalue weighted by molar-refractivity contribution is 0.321. The summed E-state index contributed by atoms with van der Waals surface area (Å²) in [5.41, 5.74) is 5.76. The predicted octanol–water partition coefficient (Wildman–Crippen LogP) is 2.43. The van der Waals surface area contributed by atoms with E-state index >= 15 is 0 Å². The summed E-state index contributed by atoms with van der Waals surface area (Å²) < 4.78 is 5.33. The number of rotatable bonds is 5. The van der Waals surface area contributed by atoms with Gasteiger partial charge in [-0.15, -0.1) is 0 Å². The fourth-order valence-electron chi connectivity index (χ4n) is 2.11. The summed E-state index contributed by atoms with van der Waals surface area (Å²) in [4.78, 5) is 4.50. The first-order chi connectivity index (χ1) is 7.70. The summed E-state index contributed by atoms with van der Waals surface area (Å²) >= 11 is 0. The number of nitrogens with zero attached hydrogens (tertiary/aromatic N) is 2. The highest BCUT2D eigenvalue weighted by Crippen LogP contribution is 2.35. The van der Waals surface area contributed by atoms with Crippen molar-refractivity contribution in [2.45, 2.75) is 51.4 Å². The summed E-state index contributed by atoms with van der Waals surface area (Å²) in [7, 11) is 0. The molecule has 0 aromatic carbocycles. The fourth-order valence-corrected chi connectivity index (χ4v) is 2.11. The highest BCUT2D eigenvalue weighted by molar-refractivity contribution is 5.02. The number of nitrogens with two attached hydrogens (primary N) is 1. The maximum atomic E-state index is 5.76. The molecule has 0 radical (unpaired) electrons. The van der Waals surface area contributed by atoms with Crippen LogP contribution in [0.15, 0.2) is 4.52 Å². The molecule has 1 heterocycles. The molecule has 90 valence electrons. The predicted molar refractivity (Wildman–Crippen MR) is 62.1 cm³/mol. The number of aromatic nitrogens is 2. The standard InChI is InChI=1S/C12H21N3O/c1-8(2)6-10(7-13)12-14-11(15-16-12)9-4-3-5-9/h8-10H,3-7,13H2,1-2H3. The van der Waals surface area contributed by atoms with Gasteiger partial charge in [-0.25, -0.2) is 0 Å². The first-order valence-corrected chi connectivity index (χ1v) is 6.24. The molecule has 0 aliphatic heterocycles. The highest BCUT2D eigenvalue weighted by atomic mass is 16.5. The zero-order valence-corrected chi connectivity index (χ0v) is 10.1. The van der Waals surface area contributed by atoms with Crippen LogP contribution in [0.3, 0.4) is 0 Å². The molecule has 1 unspecified atom stereocenters. The minimum absolute atomic E-state index is 0.223. The van der Waals surface area contributed by atoms with E-state index in [0.29, 0.717) is 18.4 Å². The topological polar surface area (TPSA) is 64.9 Å². The van der Waals surface area contributed by atoms with Crippen LogP contribution < -0.4 is 5.73 Å². The molecule has 1 saturated carbocycles. The molecule has 0 amide bonds. The van der Waals surface area contributed by atoms with Crippen LogP contribution in [0.5, 0.6) is 0 Å². The van der Waals surface area contributed by atoms with Crippen LogP contribution in [0.25, 0.3) is 0 Å². The molecular formula is C12H21N3O. The van der Waals surface area contributed by atoms with Crippen LogP contribution in [-0.4, -0.2) is 16.7 Å². The molecule has 1 aromatic rings.